The van der Waals surface area contributed by atoms with Gasteiger partial charge in [0.15, 0.2) is 4.90 Å². The number of carbonyl (C=O) groups is 1. The van der Waals surface area contributed by atoms with Crippen LogP contribution >= 0.6 is 22.8 Å². The Morgan fingerprint density at radius 2 is 1.26 bits per heavy atom. The second-order valence-corrected chi connectivity index (χ2v) is 9.67. The Morgan fingerprint density at radius 3 is 1.47 bits per heavy atom. The van der Waals surface area contributed by atoms with E-state index in [9.17, 15) is 18.5 Å². The molecule has 14 heteroatoms. The zero-order valence-corrected chi connectivity index (χ0v) is 11.9. The molecule has 0 aromatic heterocycles. The van der Waals surface area contributed by atoms with E-state index >= 15 is 0 Å². The lowest BCUT2D eigenvalue weighted by Gasteiger charge is -2.34. The van der Waals surface area contributed by atoms with Crippen LogP contribution in [0.3, 0.4) is 0 Å². The van der Waals surface area contributed by atoms with Gasteiger partial charge >= 0.3 is 28.8 Å². The molecule has 0 aliphatic carbocycles. The number of rotatable bonds is 7. The summed E-state index contributed by atoms with van der Waals surface area (Å²) < 4.78 is 33.4. The van der Waals surface area contributed by atoms with Gasteiger partial charge in [-0.1, -0.05) is 0 Å². The monoisotopic (exact) mass is 342 g/mol. The predicted molar refractivity (Wildman–Crippen MR) is 60.6 cm³/mol. The molecule has 0 heterocycles. The topological polar surface area (TPSA) is 210 Å². The first-order chi connectivity index (χ1) is 8.12. The van der Waals surface area contributed by atoms with Crippen molar-refractivity contribution in [3.05, 3.63) is 0 Å². The Kier molecular flexibility index (Phi) is 5.71. The molecule has 114 valence electrons. The van der Waals surface area contributed by atoms with Crippen molar-refractivity contribution in [2.24, 2.45) is 0 Å². The molecule has 0 saturated carbocycles. The first-order valence-corrected chi connectivity index (χ1v) is 9.52. The standard InChI is InChI=1S/C5H13O11P3/c6-4(7)1-2-5(18(11,12)13,19(14,15)16)3-17(8,9)10/h1-3H2,(H,6,7)(H2,8,9,10)(H2,11,12,13)(H2,14,15,16). The maximum atomic E-state index is 11.3. The van der Waals surface area contributed by atoms with Crippen molar-refractivity contribution in [2.45, 2.75) is 17.7 Å². The van der Waals surface area contributed by atoms with Crippen LogP contribution in [-0.4, -0.2) is 51.5 Å². The van der Waals surface area contributed by atoms with Crippen LogP contribution in [0.25, 0.3) is 0 Å². The lowest BCUT2D eigenvalue weighted by atomic mass is 10.2. The van der Waals surface area contributed by atoms with E-state index in [0.717, 1.165) is 0 Å². The molecule has 0 aliphatic rings. The summed E-state index contributed by atoms with van der Waals surface area (Å²) in [5, 5.41) is 8.41. The van der Waals surface area contributed by atoms with Gasteiger partial charge < -0.3 is 34.5 Å². The van der Waals surface area contributed by atoms with Gasteiger partial charge in [-0.3, -0.25) is 18.5 Å². The highest BCUT2D eigenvalue weighted by molar-refractivity contribution is 7.74. The zero-order valence-electron chi connectivity index (χ0n) is 9.23. The summed E-state index contributed by atoms with van der Waals surface area (Å²) in [5.41, 5.74) is 0. The number of hydrogen-bond acceptors (Lipinski definition) is 4. The number of hydrogen-bond donors (Lipinski definition) is 7. The maximum absolute atomic E-state index is 11.3. The molecule has 0 bridgehead atoms. The molecule has 0 aromatic rings. The fraction of sp³-hybridized carbons (Fsp3) is 0.800. The lowest BCUT2D eigenvalue weighted by Crippen LogP contribution is -2.34. The number of carboxylic acid groups (broad SMARTS) is 1. The summed E-state index contributed by atoms with van der Waals surface area (Å²) >= 11 is 0. The highest BCUT2D eigenvalue weighted by Crippen LogP contribution is 2.73. The van der Waals surface area contributed by atoms with E-state index in [1.807, 2.05) is 0 Å². The molecule has 11 nitrogen and oxygen atoms in total. The van der Waals surface area contributed by atoms with Crippen molar-refractivity contribution in [1.29, 1.82) is 0 Å². The third-order valence-corrected chi connectivity index (χ3v) is 8.23. The van der Waals surface area contributed by atoms with E-state index < -0.39 is 52.7 Å². The quantitative estimate of drug-likeness (QED) is 0.281. The highest BCUT2D eigenvalue weighted by Gasteiger charge is 2.62. The van der Waals surface area contributed by atoms with Gasteiger partial charge in [-0.05, 0) is 6.42 Å². The van der Waals surface area contributed by atoms with Crippen LogP contribution in [0, 0.1) is 0 Å². The second-order valence-electron chi connectivity index (χ2n) is 3.79. The first kappa shape index (κ1) is 18.9. The minimum absolute atomic E-state index is 1.07. The van der Waals surface area contributed by atoms with Crippen LogP contribution in [0.15, 0.2) is 0 Å². The molecule has 0 atom stereocenters. The average molecular weight is 342 g/mol. The third-order valence-electron chi connectivity index (χ3n) is 2.28. The minimum atomic E-state index is -5.70. The number of aliphatic carboxylic acids is 1. The fourth-order valence-electron chi connectivity index (χ4n) is 1.36. The average Bonchev–Trinajstić information content (AvgIpc) is 2.05. The van der Waals surface area contributed by atoms with E-state index in [4.69, 9.17) is 34.5 Å². The maximum Gasteiger partial charge on any atom is 0.344 e. The first-order valence-electron chi connectivity index (χ1n) is 4.50. The number of carboxylic acids is 1. The van der Waals surface area contributed by atoms with E-state index in [0.29, 0.717) is 0 Å². The van der Waals surface area contributed by atoms with Crippen molar-refractivity contribution >= 4 is 28.8 Å². The fourth-order valence-corrected chi connectivity index (χ4v) is 6.92. The van der Waals surface area contributed by atoms with Gasteiger partial charge in [0, 0.05) is 6.42 Å². The van der Waals surface area contributed by atoms with E-state index in [2.05, 4.69) is 0 Å². The molecule has 0 rings (SSSR count). The van der Waals surface area contributed by atoms with Crippen molar-refractivity contribution in [3.8, 4) is 0 Å². The predicted octanol–water partition coefficient (Wildman–Crippen LogP) is -0.919. The van der Waals surface area contributed by atoms with Gasteiger partial charge in [0.05, 0.1) is 6.16 Å². The van der Waals surface area contributed by atoms with Gasteiger partial charge in [-0.2, -0.15) is 0 Å². The van der Waals surface area contributed by atoms with E-state index in [1.165, 1.54) is 0 Å². The summed E-state index contributed by atoms with van der Waals surface area (Å²) in [7, 11) is -16.6. The second kappa shape index (κ2) is 5.73. The van der Waals surface area contributed by atoms with Gasteiger partial charge in [0.25, 0.3) is 0 Å². The summed E-state index contributed by atoms with van der Waals surface area (Å²) in [6, 6.07) is 0. The molecule has 0 fully saturated rings. The van der Waals surface area contributed by atoms with Crippen LogP contribution in [0.5, 0.6) is 0 Å². The third kappa shape index (κ3) is 5.07. The van der Waals surface area contributed by atoms with Crippen LogP contribution in [-0.2, 0) is 18.5 Å². The normalized spacial score (nSPS) is 14.4. The SMILES string of the molecule is O=C(O)CCC(CP(=O)(O)O)(P(=O)(O)O)P(=O)(O)O. The summed E-state index contributed by atoms with van der Waals surface area (Å²) in [5.74, 6) is -1.63. The van der Waals surface area contributed by atoms with Crippen LogP contribution in [0.2, 0.25) is 0 Å². The molecule has 0 unspecified atom stereocenters. The minimum Gasteiger partial charge on any atom is -0.481 e. The van der Waals surface area contributed by atoms with Crippen LogP contribution < -0.4 is 0 Å². The molecule has 0 aliphatic heterocycles. The summed E-state index contributed by atoms with van der Waals surface area (Å²) in [6.45, 7) is 0. The van der Waals surface area contributed by atoms with E-state index in [1.54, 1.807) is 0 Å². The van der Waals surface area contributed by atoms with Crippen molar-refractivity contribution in [3.63, 3.8) is 0 Å². The Balaban J connectivity index is 5.90. The van der Waals surface area contributed by atoms with Gasteiger partial charge in [-0.15, -0.1) is 0 Å². The molecule has 0 radical (unpaired) electrons. The Hall–Kier alpha value is -0.0800. The molecule has 0 amide bonds. The van der Waals surface area contributed by atoms with Gasteiger partial charge in [-0.25, -0.2) is 0 Å². The molecule has 7 N–H and O–H groups in total. The van der Waals surface area contributed by atoms with Crippen LogP contribution in [0.4, 0.5) is 0 Å². The zero-order chi connectivity index (χ0) is 15.7. The Bertz CT molecular complexity index is 457. The summed E-state index contributed by atoms with van der Waals surface area (Å²) in [6.07, 6.45) is -4.17. The van der Waals surface area contributed by atoms with Crippen molar-refractivity contribution in [1.82, 2.24) is 0 Å². The molecule has 0 aromatic carbocycles. The molecular formula is C5H13O11P3. The Labute approximate surface area is 106 Å². The van der Waals surface area contributed by atoms with Crippen molar-refractivity contribution < 1.29 is 53.0 Å². The van der Waals surface area contributed by atoms with Crippen molar-refractivity contribution in [2.75, 3.05) is 6.16 Å². The molecule has 0 saturated heterocycles. The van der Waals surface area contributed by atoms with Crippen LogP contribution in [0.1, 0.15) is 12.8 Å². The Morgan fingerprint density at radius 1 is 0.895 bits per heavy atom. The van der Waals surface area contributed by atoms with Gasteiger partial charge in [0.1, 0.15) is 0 Å². The molecule has 19 heavy (non-hydrogen) atoms. The lowest BCUT2D eigenvalue weighted by molar-refractivity contribution is -0.137. The summed E-state index contributed by atoms with van der Waals surface area (Å²) in [4.78, 5) is 60.5. The smallest absolute Gasteiger partial charge is 0.344 e. The molecule has 0 spiro atoms. The van der Waals surface area contributed by atoms with E-state index in [-0.39, 0.29) is 0 Å². The largest absolute Gasteiger partial charge is 0.481 e. The molecular weight excluding hydrogens is 329 g/mol. The highest BCUT2D eigenvalue weighted by atomic mass is 31.2. The van der Waals surface area contributed by atoms with Gasteiger partial charge in [0.2, 0.25) is 0 Å².